The van der Waals surface area contributed by atoms with Gasteiger partial charge >= 0.3 is 0 Å². The average molecular weight is 159 g/mol. The molecule has 0 heterocycles. The predicted octanol–water partition coefficient (Wildman–Crippen LogP) is 3.12. The Kier molecular flexibility index (Phi) is 2.72. The Morgan fingerprint density at radius 2 is 1.90 bits per heavy atom. The zero-order chi connectivity index (χ0) is 7.45. The number of nitrogens with zero attached hydrogens (tertiary/aromatic N) is 1. The van der Waals surface area contributed by atoms with Crippen molar-refractivity contribution in [1.82, 2.24) is 0 Å². The number of rotatable bonds is 2. The molecule has 0 aliphatic heterocycles. The van der Waals surface area contributed by atoms with Crippen molar-refractivity contribution in [1.29, 1.82) is 0 Å². The largest absolute Gasteiger partial charge is 0.137 e. The van der Waals surface area contributed by atoms with E-state index in [9.17, 15) is 4.91 Å². The second-order valence-corrected chi connectivity index (χ2v) is 4.49. The quantitative estimate of drug-likeness (QED) is 0.457. The first-order valence-corrected chi connectivity index (χ1v) is 4.55. The van der Waals surface area contributed by atoms with Gasteiger partial charge in [0.1, 0.15) is 0 Å². The van der Waals surface area contributed by atoms with Crippen molar-refractivity contribution in [3.05, 3.63) is 4.91 Å². The van der Waals surface area contributed by atoms with Crippen molar-refractivity contribution in [2.75, 3.05) is 0 Å². The highest BCUT2D eigenvalue weighted by Gasteiger charge is 2.28. The third kappa shape index (κ3) is 1.97. The van der Waals surface area contributed by atoms with E-state index in [1.54, 1.807) is 0 Å². The Hall–Kier alpha value is -0.0500. The van der Waals surface area contributed by atoms with Gasteiger partial charge in [-0.15, -0.1) is 4.91 Å². The summed E-state index contributed by atoms with van der Waals surface area (Å²) in [5.74, 6) is 0. The molecule has 0 N–H and O–H groups in total. The van der Waals surface area contributed by atoms with Gasteiger partial charge in [0.2, 0.25) is 0 Å². The highest BCUT2D eigenvalue weighted by atomic mass is 32.2. The Morgan fingerprint density at radius 3 is 2.40 bits per heavy atom. The predicted molar refractivity (Wildman–Crippen MR) is 44.9 cm³/mol. The Bertz CT molecular complexity index is 121. The maximum absolute atomic E-state index is 9.99. The van der Waals surface area contributed by atoms with Crippen LogP contribution in [0, 0.1) is 4.91 Å². The van der Waals surface area contributed by atoms with Crippen molar-refractivity contribution < 1.29 is 0 Å². The van der Waals surface area contributed by atoms with Crippen molar-refractivity contribution >= 4 is 11.9 Å². The molecule has 10 heavy (non-hydrogen) atoms. The fraction of sp³-hybridized carbons (Fsp3) is 1.00. The zero-order valence-corrected chi connectivity index (χ0v) is 7.12. The van der Waals surface area contributed by atoms with Crippen LogP contribution in [0.25, 0.3) is 0 Å². The summed E-state index contributed by atoms with van der Waals surface area (Å²) in [6, 6.07) is 0. The van der Waals surface area contributed by atoms with Gasteiger partial charge in [-0.2, -0.15) is 0 Å². The van der Waals surface area contributed by atoms with Crippen LogP contribution in [0.3, 0.4) is 0 Å². The van der Waals surface area contributed by atoms with E-state index in [2.05, 4.69) is 11.5 Å². The Labute approximate surface area is 65.9 Å². The van der Waals surface area contributed by atoms with Gasteiger partial charge in [-0.3, -0.25) is 0 Å². The second-order valence-electron chi connectivity index (χ2n) is 3.18. The van der Waals surface area contributed by atoms with Gasteiger partial charge in [-0.1, -0.05) is 19.3 Å². The molecule has 1 saturated carbocycles. The average Bonchev–Trinajstić information content (AvgIpc) is 1.89. The number of nitroso groups, excluding NO2 is 1. The summed E-state index contributed by atoms with van der Waals surface area (Å²) < 4.78 is 3.06. The molecule has 0 aromatic rings. The molecule has 58 valence electrons. The molecular weight excluding hydrogens is 146 g/mol. The molecule has 0 radical (unpaired) electrons. The van der Waals surface area contributed by atoms with E-state index < -0.39 is 0 Å². The molecule has 3 heteroatoms. The van der Waals surface area contributed by atoms with Crippen LogP contribution in [0.5, 0.6) is 0 Å². The third-order valence-electron chi connectivity index (χ3n) is 2.17. The topological polar surface area (TPSA) is 29.4 Å². The summed E-state index contributed by atoms with van der Waals surface area (Å²) in [4.78, 5) is 9.99. The van der Waals surface area contributed by atoms with Crippen LogP contribution in [-0.2, 0) is 0 Å². The van der Waals surface area contributed by atoms with Gasteiger partial charge in [0.25, 0.3) is 0 Å². The van der Waals surface area contributed by atoms with Crippen LogP contribution >= 0.6 is 11.9 Å². The van der Waals surface area contributed by atoms with E-state index in [0.29, 0.717) is 0 Å². The van der Waals surface area contributed by atoms with Crippen LogP contribution in [0.1, 0.15) is 39.0 Å². The van der Waals surface area contributed by atoms with E-state index in [-0.39, 0.29) is 4.75 Å². The van der Waals surface area contributed by atoms with Crippen molar-refractivity contribution in [2.45, 2.75) is 43.8 Å². The van der Waals surface area contributed by atoms with Gasteiger partial charge in [-0.05, 0) is 19.8 Å². The van der Waals surface area contributed by atoms with E-state index in [1.165, 1.54) is 31.2 Å². The molecule has 0 amide bonds. The van der Waals surface area contributed by atoms with Crippen LogP contribution in [-0.4, -0.2) is 4.75 Å². The van der Waals surface area contributed by atoms with Crippen LogP contribution in [0.15, 0.2) is 4.58 Å². The van der Waals surface area contributed by atoms with Crippen molar-refractivity contribution in [3.8, 4) is 0 Å². The summed E-state index contributed by atoms with van der Waals surface area (Å²) in [7, 11) is 0. The highest BCUT2D eigenvalue weighted by Crippen LogP contribution is 2.39. The fourth-order valence-corrected chi connectivity index (χ4v) is 2.13. The number of hydrogen-bond acceptors (Lipinski definition) is 3. The molecule has 0 unspecified atom stereocenters. The standard InChI is InChI=1S/C7H13NOS/c1-7(10-8-9)5-3-2-4-6-7/h2-6H2,1H3. The van der Waals surface area contributed by atoms with Crippen molar-refractivity contribution in [3.63, 3.8) is 0 Å². The maximum Gasteiger partial charge on any atom is 0.0384 e. The second kappa shape index (κ2) is 3.37. The van der Waals surface area contributed by atoms with Gasteiger partial charge in [0.15, 0.2) is 0 Å². The maximum atomic E-state index is 9.99. The molecule has 1 aliphatic carbocycles. The summed E-state index contributed by atoms with van der Waals surface area (Å²) in [5.41, 5.74) is 0. The Balaban J connectivity index is 2.39. The summed E-state index contributed by atoms with van der Waals surface area (Å²) in [6.45, 7) is 2.14. The number of hydrogen-bond donors (Lipinski definition) is 0. The smallest absolute Gasteiger partial charge is 0.0384 e. The van der Waals surface area contributed by atoms with E-state index in [1.807, 2.05) is 0 Å². The van der Waals surface area contributed by atoms with Crippen LogP contribution in [0.2, 0.25) is 0 Å². The first-order valence-electron chi connectivity index (χ1n) is 3.78. The molecule has 0 spiro atoms. The lowest BCUT2D eigenvalue weighted by Gasteiger charge is -2.29. The monoisotopic (exact) mass is 159 g/mol. The fourth-order valence-electron chi connectivity index (χ4n) is 1.48. The first-order chi connectivity index (χ1) is 4.77. The van der Waals surface area contributed by atoms with Crippen LogP contribution < -0.4 is 0 Å². The molecule has 0 bridgehead atoms. The Morgan fingerprint density at radius 1 is 1.30 bits per heavy atom. The molecule has 0 aromatic heterocycles. The minimum atomic E-state index is 0.167. The molecule has 1 rings (SSSR count). The molecule has 0 saturated heterocycles. The molecule has 1 aliphatic rings. The molecular formula is C7H13NOS. The third-order valence-corrected chi connectivity index (χ3v) is 3.09. The molecule has 0 atom stereocenters. The van der Waals surface area contributed by atoms with Gasteiger partial charge in [-0.25, -0.2) is 0 Å². The van der Waals surface area contributed by atoms with Crippen molar-refractivity contribution in [2.24, 2.45) is 4.58 Å². The van der Waals surface area contributed by atoms with Gasteiger partial charge in [0.05, 0.1) is 0 Å². The van der Waals surface area contributed by atoms with E-state index in [4.69, 9.17) is 0 Å². The first kappa shape index (κ1) is 8.05. The summed E-state index contributed by atoms with van der Waals surface area (Å²) in [5, 5.41) is 0. The normalized spacial score (nSPS) is 24.1. The lowest BCUT2D eigenvalue weighted by Crippen LogP contribution is -2.22. The SMILES string of the molecule is CC1(SN=O)CCCCC1. The molecule has 0 aromatic carbocycles. The van der Waals surface area contributed by atoms with E-state index >= 15 is 0 Å². The lowest BCUT2D eigenvalue weighted by molar-refractivity contribution is 0.422. The van der Waals surface area contributed by atoms with E-state index in [0.717, 1.165) is 12.8 Å². The van der Waals surface area contributed by atoms with Gasteiger partial charge < -0.3 is 0 Å². The lowest BCUT2D eigenvalue weighted by atomic mass is 9.90. The molecule has 1 fully saturated rings. The minimum Gasteiger partial charge on any atom is -0.137 e. The van der Waals surface area contributed by atoms with Gasteiger partial charge in [0, 0.05) is 21.3 Å². The van der Waals surface area contributed by atoms with Crippen LogP contribution in [0.4, 0.5) is 0 Å². The highest BCUT2D eigenvalue weighted by molar-refractivity contribution is 7.99. The summed E-state index contributed by atoms with van der Waals surface area (Å²) >= 11 is 1.22. The minimum absolute atomic E-state index is 0.167. The molecule has 2 nitrogen and oxygen atoms in total. The zero-order valence-electron chi connectivity index (χ0n) is 6.30. The summed E-state index contributed by atoms with van der Waals surface area (Å²) in [6.07, 6.45) is 6.17.